The minimum atomic E-state index is -1.16. The van der Waals surface area contributed by atoms with E-state index in [2.05, 4.69) is 5.43 Å². The molecule has 0 spiro atoms. The summed E-state index contributed by atoms with van der Waals surface area (Å²) in [4.78, 5) is 49.9. The number of hydrogen-bond donors (Lipinski definition) is 1. The molecule has 2 atom stereocenters. The van der Waals surface area contributed by atoms with Crippen molar-refractivity contribution in [2.24, 2.45) is 5.92 Å². The lowest BCUT2D eigenvalue weighted by Crippen LogP contribution is -2.43. The van der Waals surface area contributed by atoms with Gasteiger partial charge in [0, 0.05) is 29.8 Å². The van der Waals surface area contributed by atoms with Gasteiger partial charge in [0.15, 0.2) is 6.10 Å². The van der Waals surface area contributed by atoms with Gasteiger partial charge in [0.2, 0.25) is 11.7 Å². The van der Waals surface area contributed by atoms with Gasteiger partial charge < -0.3 is 4.74 Å². The fraction of sp³-hybridized carbons (Fsp3) is 0.304. The molecule has 2 unspecified atom stereocenters. The van der Waals surface area contributed by atoms with Crippen molar-refractivity contribution in [2.45, 2.75) is 25.9 Å². The third kappa shape index (κ3) is 5.70. The third-order valence-electron chi connectivity index (χ3n) is 5.06. The van der Waals surface area contributed by atoms with Gasteiger partial charge in [-0.15, -0.1) is 11.6 Å². The van der Waals surface area contributed by atoms with Crippen molar-refractivity contribution in [3.63, 3.8) is 0 Å². The molecule has 0 aliphatic carbocycles. The van der Waals surface area contributed by atoms with Crippen LogP contribution in [0.5, 0.6) is 0 Å². The van der Waals surface area contributed by atoms with Crippen LogP contribution in [0.1, 0.15) is 39.1 Å². The Bertz CT molecular complexity index is 1010. The van der Waals surface area contributed by atoms with Gasteiger partial charge in [-0.1, -0.05) is 17.7 Å². The van der Waals surface area contributed by atoms with Crippen molar-refractivity contribution < 1.29 is 28.3 Å². The summed E-state index contributed by atoms with van der Waals surface area (Å²) in [5.41, 5.74) is 4.04. The van der Waals surface area contributed by atoms with E-state index in [1.807, 2.05) is 6.92 Å². The predicted molar refractivity (Wildman–Crippen MR) is 114 cm³/mol. The summed E-state index contributed by atoms with van der Waals surface area (Å²) < 4.78 is 18.5. The molecule has 9 heteroatoms. The van der Waals surface area contributed by atoms with E-state index in [-0.39, 0.29) is 30.8 Å². The van der Waals surface area contributed by atoms with Gasteiger partial charge in [0.1, 0.15) is 5.82 Å². The number of ether oxygens (including phenoxy) is 1. The van der Waals surface area contributed by atoms with Crippen LogP contribution in [0.15, 0.2) is 48.5 Å². The van der Waals surface area contributed by atoms with E-state index in [9.17, 15) is 23.6 Å². The SMILES string of the molecule is Cc1ccc(C(=O)NN2CC(C(=O)OC(CCCl)C(=O)c3ccc(F)cc3)CC2=O)cc1. The first kappa shape index (κ1) is 23.4. The number of hydrogen-bond acceptors (Lipinski definition) is 5. The van der Waals surface area contributed by atoms with Gasteiger partial charge in [0.25, 0.3) is 5.91 Å². The van der Waals surface area contributed by atoms with Crippen LogP contribution in [0.4, 0.5) is 4.39 Å². The number of halogens is 2. The number of Topliss-reactive ketones (excluding diaryl/α,β-unsaturated/α-hetero) is 1. The van der Waals surface area contributed by atoms with Crippen LogP contribution in [0.2, 0.25) is 0 Å². The molecule has 1 aliphatic rings. The average Bonchev–Trinajstić information content (AvgIpc) is 3.14. The summed E-state index contributed by atoms with van der Waals surface area (Å²) in [6.45, 7) is 1.81. The molecule has 168 valence electrons. The van der Waals surface area contributed by atoms with Crippen molar-refractivity contribution in [3.05, 3.63) is 71.0 Å². The Labute approximate surface area is 189 Å². The van der Waals surface area contributed by atoms with Crippen LogP contribution < -0.4 is 5.43 Å². The van der Waals surface area contributed by atoms with Gasteiger partial charge in [-0.2, -0.15) is 0 Å². The number of amides is 2. The molecule has 0 radical (unpaired) electrons. The minimum absolute atomic E-state index is 0.0627. The molecule has 2 aromatic rings. The molecular weight excluding hydrogens is 439 g/mol. The standard InChI is InChI=1S/C23H22ClFN2O5/c1-14-2-4-16(5-3-14)22(30)26-27-13-17(12-20(27)28)23(31)32-19(10-11-24)21(29)15-6-8-18(25)9-7-15/h2-9,17,19H,10-13H2,1H3,(H,26,30). The first-order valence-electron chi connectivity index (χ1n) is 10.0. The number of aryl methyl sites for hydroxylation is 1. The Balaban J connectivity index is 1.61. The zero-order valence-electron chi connectivity index (χ0n) is 17.3. The van der Waals surface area contributed by atoms with E-state index in [1.54, 1.807) is 24.3 Å². The van der Waals surface area contributed by atoms with Crippen LogP contribution in [0, 0.1) is 18.7 Å². The van der Waals surface area contributed by atoms with E-state index in [0.717, 1.165) is 22.7 Å². The molecule has 0 aromatic heterocycles. The van der Waals surface area contributed by atoms with E-state index >= 15 is 0 Å². The van der Waals surface area contributed by atoms with Gasteiger partial charge in [-0.3, -0.25) is 29.6 Å². The van der Waals surface area contributed by atoms with Crippen molar-refractivity contribution in [3.8, 4) is 0 Å². The molecule has 1 saturated heterocycles. The highest BCUT2D eigenvalue weighted by atomic mass is 35.5. The largest absolute Gasteiger partial charge is 0.454 e. The second-order valence-electron chi connectivity index (χ2n) is 7.49. The Morgan fingerprint density at radius 2 is 1.75 bits per heavy atom. The predicted octanol–water partition coefficient (Wildman–Crippen LogP) is 3.05. The van der Waals surface area contributed by atoms with Crippen molar-refractivity contribution in [1.29, 1.82) is 0 Å². The number of nitrogens with zero attached hydrogens (tertiary/aromatic N) is 1. The van der Waals surface area contributed by atoms with E-state index < -0.39 is 41.4 Å². The van der Waals surface area contributed by atoms with E-state index in [0.29, 0.717) is 5.56 Å². The molecule has 3 rings (SSSR count). The first-order valence-corrected chi connectivity index (χ1v) is 10.6. The van der Waals surface area contributed by atoms with Crippen LogP contribution >= 0.6 is 11.6 Å². The quantitative estimate of drug-likeness (QED) is 0.371. The number of nitrogens with one attached hydrogen (secondary N) is 1. The Morgan fingerprint density at radius 1 is 1.12 bits per heavy atom. The highest BCUT2D eigenvalue weighted by Gasteiger charge is 2.38. The minimum Gasteiger partial charge on any atom is -0.454 e. The number of carbonyl (C=O) groups is 4. The molecule has 0 saturated carbocycles. The summed E-state index contributed by atoms with van der Waals surface area (Å²) in [5.74, 6) is -3.44. The topological polar surface area (TPSA) is 92.8 Å². The normalized spacial score (nSPS) is 16.5. The van der Waals surface area contributed by atoms with E-state index in [4.69, 9.17) is 16.3 Å². The number of hydrazine groups is 1. The monoisotopic (exact) mass is 460 g/mol. The maximum atomic E-state index is 13.1. The lowest BCUT2D eigenvalue weighted by Gasteiger charge is -2.19. The second kappa shape index (κ2) is 10.4. The van der Waals surface area contributed by atoms with Crippen LogP contribution in [-0.2, 0) is 14.3 Å². The van der Waals surface area contributed by atoms with Gasteiger partial charge in [-0.05, 0) is 43.3 Å². The summed E-state index contributed by atoms with van der Waals surface area (Å²) in [7, 11) is 0. The molecule has 2 amide bonds. The Kier molecular flexibility index (Phi) is 7.58. The molecule has 0 bridgehead atoms. The summed E-state index contributed by atoms with van der Waals surface area (Å²) in [6, 6.07) is 11.7. The lowest BCUT2D eigenvalue weighted by molar-refractivity contribution is -0.151. The molecule has 1 N–H and O–H groups in total. The summed E-state index contributed by atoms with van der Waals surface area (Å²) in [6.07, 6.45) is -1.25. The number of ketones is 1. The summed E-state index contributed by atoms with van der Waals surface area (Å²) in [5, 5.41) is 1.08. The van der Waals surface area contributed by atoms with Crippen LogP contribution in [0.3, 0.4) is 0 Å². The molecule has 2 aromatic carbocycles. The molecule has 32 heavy (non-hydrogen) atoms. The van der Waals surface area contributed by atoms with Gasteiger partial charge >= 0.3 is 5.97 Å². The Morgan fingerprint density at radius 3 is 2.38 bits per heavy atom. The fourth-order valence-electron chi connectivity index (χ4n) is 3.24. The maximum absolute atomic E-state index is 13.1. The molecule has 1 aliphatic heterocycles. The van der Waals surface area contributed by atoms with Crippen molar-refractivity contribution >= 4 is 35.2 Å². The van der Waals surface area contributed by atoms with Crippen LogP contribution in [-0.4, -0.2) is 47.1 Å². The van der Waals surface area contributed by atoms with Crippen molar-refractivity contribution in [1.82, 2.24) is 10.4 Å². The second-order valence-corrected chi connectivity index (χ2v) is 7.86. The molecule has 1 fully saturated rings. The number of carbonyl (C=O) groups excluding carboxylic acids is 4. The number of rotatable bonds is 8. The number of esters is 1. The van der Waals surface area contributed by atoms with E-state index in [1.165, 1.54) is 12.1 Å². The first-order chi connectivity index (χ1) is 15.3. The lowest BCUT2D eigenvalue weighted by atomic mass is 10.0. The van der Waals surface area contributed by atoms with Gasteiger partial charge in [0.05, 0.1) is 12.5 Å². The van der Waals surface area contributed by atoms with Crippen molar-refractivity contribution in [2.75, 3.05) is 12.4 Å². The average molecular weight is 461 g/mol. The fourth-order valence-corrected chi connectivity index (χ4v) is 3.44. The highest BCUT2D eigenvalue weighted by Crippen LogP contribution is 2.21. The zero-order chi connectivity index (χ0) is 23.3. The highest BCUT2D eigenvalue weighted by molar-refractivity contribution is 6.18. The summed E-state index contributed by atoms with van der Waals surface area (Å²) >= 11 is 5.75. The third-order valence-corrected chi connectivity index (χ3v) is 5.28. The molecule has 1 heterocycles. The smallest absolute Gasteiger partial charge is 0.312 e. The number of alkyl halides is 1. The maximum Gasteiger partial charge on any atom is 0.312 e. The molecular formula is C23H22ClFN2O5. The molecule has 7 nitrogen and oxygen atoms in total. The number of benzene rings is 2. The Hall–Kier alpha value is -3.26. The van der Waals surface area contributed by atoms with Crippen LogP contribution in [0.25, 0.3) is 0 Å². The van der Waals surface area contributed by atoms with Gasteiger partial charge in [-0.25, -0.2) is 4.39 Å². The zero-order valence-corrected chi connectivity index (χ0v) is 18.1.